The lowest BCUT2D eigenvalue weighted by Gasteiger charge is -2.37. The van der Waals surface area contributed by atoms with Crippen molar-refractivity contribution in [1.82, 2.24) is 9.88 Å². The van der Waals surface area contributed by atoms with E-state index in [4.69, 9.17) is 4.74 Å². The van der Waals surface area contributed by atoms with E-state index in [-0.39, 0.29) is 23.8 Å². The average Bonchev–Trinajstić information content (AvgIpc) is 3.12. The second kappa shape index (κ2) is 7.13. The average molecular weight is 344 g/mol. The van der Waals surface area contributed by atoms with Crippen molar-refractivity contribution < 1.29 is 14.3 Å². The Hall–Kier alpha value is -2.21. The van der Waals surface area contributed by atoms with Crippen LogP contribution in [0.2, 0.25) is 0 Å². The summed E-state index contributed by atoms with van der Waals surface area (Å²) in [5.41, 5.74) is 0.721. The first-order chi connectivity index (χ1) is 11.6. The van der Waals surface area contributed by atoms with Crippen LogP contribution in [0.15, 0.2) is 41.9 Å². The number of piperidine rings is 1. The lowest BCUT2D eigenvalue weighted by Crippen LogP contribution is -2.43. The summed E-state index contributed by atoms with van der Waals surface area (Å²) < 4.78 is 5.65. The van der Waals surface area contributed by atoms with E-state index >= 15 is 0 Å². The highest BCUT2D eigenvalue weighted by Gasteiger charge is 2.40. The van der Waals surface area contributed by atoms with E-state index in [0.29, 0.717) is 12.8 Å². The quantitative estimate of drug-likeness (QED) is 0.798. The Morgan fingerprint density at radius 3 is 2.88 bits per heavy atom. The minimum atomic E-state index is -0.411. The minimum absolute atomic E-state index is 0.0650. The van der Waals surface area contributed by atoms with Gasteiger partial charge in [-0.15, -0.1) is 11.3 Å². The van der Waals surface area contributed by atoms with Gasteiger partial charge in [-0.1, -0.05) is 12.1 Å². The van der Waals surface area contributed by atoms with Gasteiger partial charge in [0.15, 0.2) is 0 Å². The molecule has 6 heteroatoms. The summed E-state index contributed by atoms with van der Waals surface area (Å²) in [6.07, 6.45) is 2.15. The summed E-state index contributed by atoms with van der Waals surface area (Å²) >= 11 is 1.56. The number of nitrogens with zero attached hydrogens (tertiary/aromatic N) is 2. The molecule has 1 aliphatic rings. The van der Waals surface area contributed by atoms with Crippen LogP contribution in [0.1, 0.15) is 42.5 Å². The first-order valence-corrected chi connectivity index (χ1v) is 8.86. The van der Waals surface area contributed by atoms with Gasteiger partial charge in [0.1, 0.15) is 6.10 Å². The predicted molar refractivity (Wildman–Crippen MR) is 91.3 cm³/mol. The van der Waals surface area contributed by atoms with E-state index in [9.17, 15) is 9.59 Å². The van der Waals surface area contributed by atoms with Gasteiger partial charge in [-0.05, 0) is 36.9 Å². The Balaban J connectivity index is 1.78. The van der Waals surface area contributed by atoms with Crippen LogP contribution in [0.25, 0.3) is 0 Å². The molecule has 24 heavy (non-hydrogen) atoms. The van der Waals surface area contributed by atoms with Gasteiger partial charge >= 0.3 is 5.97 Å². The number of carbonyl (C=O) groups excluding carboxylic acids is 2. The Kier molecular flexibility index (Phi) is 4.94. The van der Waals surface area contributed by atoms with Crippen LogP contribution < -0.4 is 0 Å². The lowest BCUT2D eigenvalue weighted by atomic mass is 9.88. The second-order valence-corrected chi connectivity index (χ2v) is 6.92. The molecule has 0 radical (unpaired) electrons. The maximum Gasteiger partial charge on any atom is 0.312 e. The number of amides is 1. The molecule has 0 spiro atoms. The van der Waals surface area contributed by atoms with Crippen molar-refractivity contribution in [2.24, 2.45) is 5.92 Å². The lowest BCUT2D eigenvalue weighted by molar-refractivity contribution is -0.160. The van der Waals surface area contributed by atoms with E-state index in [1.54, 1.807) is 29.5 Å². The molecule has 3 rings (SSSR count). The van der Waals surface area contributed by atoms with Crippen LogP contribution in [-0.4, -0.2) is 28.8 Å². The van der Waals surface area contributed by atoms with Crippen molar-refractivity contribution in [2.45, 2.75) is 31.9 Å². The highest BCUT2D eigenvalue weighted by molar-refractivity contribution is 7.10. The van der Waals surface area contributed by atoms with Crippen molar-refractivity contribution in [2.75, 3.05) is 7.05 Å². The molecule has 2 aromatic rings. The molecule has 2 aromatic heterocycles. The monoisotopic (exact) mass is 344 g/mol. The zero-order chi connectivity index (χ0) is 17.1. The third-order valence-electron chi connectivity index (χ3n) is 4.40. The van der Waals surface area contributed by atoms with E-state index in [0.717, 1.165) is 10.6 Å². The minimum Gasteiger partial charge on any atom is -0.456 e. The molecule has 1 amide bonds. The molecule has 0 bridgehead atoms. The van der Waals surface area contributed by atoms with Gasteiger partial charge in [-0.3, -0.25) is 14.6 Å². The van der Waals surface area contributed by atoms with Crippen LogP contribution in [0, 0.1) is 5.92 Å². The van der Waals surface area contributed by atoms with Crippen molar-refractivity contribution in [3.8, 4) is 0 Å². The molecule has 0 unspecified atom stereocenters. The molecule has 5 nitrogen and oxygen atoms in total. The van der Waals surface area contributed by atoms with Crippen LogP contribution in [-0.2, 0) is 14.3 Å². The van der Waals surface area contributed by atoms with Gasteiger partial charge in [-0.2, -0.15) is 0 Å². The third kappa shape index (κ3) is 3.33. The molecule has 1 fully saturated rings. The molecule has 1 aliphatic heterocycles. The summed E-state index contributed by atoms with van der Waals surface area (Å²) in [5.74, 6) is -0.557. The van der Waals surface area contributed by atoms with Crippen LogP contribution >= 0.6 is 11.3 Å². The van der Waals surface area contributed by atoms with Gasteiger partial charge in [0.2, 0.25) is 5.91 Å². The van der Waals surface area contributed by atoms with Crippen LogP contribution in [0.3, 0.4) is 0 Å². The highest BCUT2D eigenvalue weighted by Crippen LogP contribution is 2.39. The standard InChI is InChI=1S/C18H20N2O3S/c1-12(14-6-3-4-10-19-14)23-18(22)13-8-9-16(21)20(2)17(13)15-7-5-11-24-15/h3-7,10-13,17H,8-9H2,1-2H3/t12-,13+,17+/m0/s1. The molecule has 0 aromatic carbocycles. The van der Waals surface area contributed by atoms with Gasteiger partial charge < -0.3 is 9.64 Å². The van der Waals surface area contributed by atoms with E-state index < -0.39 is 6.10 Å². The van der Waals surface area contributed by atoms with Crippen molar-refractivity contribution in [3.05, 3.63) is 52.5 Å². The van der Waals surface area contributed by atoms with Crippen molar-refractivity contribution in [3.63, 3.8) is 0 Å². The summed E-state index contributed by atoms with van der Waals surface area (Å²) in [7, 11) is 1.76. The van der Waals surface area contributed by atoms with E-state index in [2.05, 4.69) is 4.98 Å². The number of likely N-dealkylation sites (tertiary alicyclic amines) is 1. The number of hydrogen-bond acceptors (Lipinski definition) is 5. The molecule has 3 heterocycles. The Labute approximate surface area is 145 Å². The summed E-state index contributed by atoms with van der Waals surface area (Å²) in [6, 6.07) is 9.18. The third-order valence-corrected chi connectivity index (χ3v) is 5.34. The first kappa shape index (κ1) is 16.6. The molecule has 0 N–H and O–H groups in total. The number of rotatable bonds is 4. The maximum atomic E-state index is 12.8. The summed E-state index contributed by atoms with van der Waals surface area (Å²) in [5, 5.41) is 1.96. The largest absolute Gasteiger partial charge is 0.456 e. The number of thiophene rings is 1. The number of ether oxygens (including phenoxy) is 1. The first-order valence-electron chi connectivity index (χ1n) is 7.98. The fraction of sp³-hybridized carbons (Fsp3) is 0.389. The fourth-order valence-electron chi connectivity index (χ4n) is 3.07. The smallest absolute Gasteiger partial charge is 0.312 e. The summed E-state index contributed by atoms with van der Waals surface area (Å²) in [6.45, 7) is 1.82. The molecule has 0 aliphatic carbocycles. The van der Waals surface area contributed by atoms with E-state index in [1.165, 1.54) is 0 Å². The number of carbonyl (C=O) groups is 2. The van der Waals surface area contributed by atoms with E-state index in [1.807, 2.05) is 42.6 Å². The molecular formula is C18H20N2O3S. The van der Waals surface area contributed by atoms with Gasteiger partial charge in [0.25, 0.3) is 0 Å². The molecule has 3 atom stereocenters. The zero-order valence-electron chi connectivity index (χ0n) is 13.7. The maximum absolute atomic E-state index is 12.8. The van der Waals surface area contributed by atoms with Gasteiger partial charge in [0.05, 0.1) is 17.7 Å². The Bertz CT molecular complexity index is 702. The van der Waals surface area contributed by atoms with Crippen molar-refractivity contribution >= 4 is 23.2 Å². The molecule has 126 valence electrons. The van der Waals surface area contributed by atoms with Crippen LogP contribution in [0.4, 0.5) is 0 Å². The highest BCUT2D eigenvalue weighted by atomic mass is 32.1. The van der Waals surface area contributed by atoms with Crippen molar-refractivity contribution in [1.29, 1.82) is 0 Å². The number of esters is 1. The number of pyridine rings is 1. The topological polar surface area (TPSA) is 59.5 Å². The van der Waals surface area contributed by atoms with Gasteiger partial charge in [0, 0.05) is 24.5 Å². The Morgan fingerprint density at radius 2 is 2.21 bits per heavy atom. The van der Waals surface area contributed by atoms with Gasteiger partial charge in [-0.25, -0.2) is 0 Å². The number of hydrogen-bond donors (Lipinski definition) is 0. The van der Waals surface area contributed by atoms with Crippen LogP contribution in [0.5, 0.6) is 0 Å². The molecule has 1 saturated heterocycles. The predicted octanol–water partition coefficient (Wildman–Crippen LogP) is 3.36. The Morgan fingerprint density at radius 1 is 1.38 bits per heavy atom. The normalized spacial score (nSPS) is 22.2. The molecule has 0 saturated carbocycles. The SMILES string of the molecule is C[C@H](OC(=O)[C@@H]1CCC(=O)N(C)[C@H]1c1cccs1)c1ccccn1. The molecular weight excluding hydrogens is 324 g/mol. The number of aromatic nitrogens is 1. The fourth-order valence-corrected chi connectivity index (χ4v) is 4.01. The zero-order valence-corrected chi connectivity index (χ0v) is 14.5. The second-order valence-electron chi connectivity index (χ2n) is 5.94. The summed E-state index contributed by atoms with van der Waals surface area (Å²) in [4.78, 5) is 31.8.